The van der Waals surface area contributed by atoms with Crippen molar-refractivity contribution >= 4 is 28.4 Å². The third-order valence-corrected chi connectivity index (χ3v) is 3.81. The zero-order valence-electron chi connectivity index (χ0n) is 9.07. The number of hydrogen-bond donors (Lipinski definition) is 0. The van der Waals surface area contributed by atoms with Gasteiger partial charge >= 0.3 is 0 Å². The van der Waals surface area contributed by atoms with Gasteiger partial charge in [0.05, 0.1) is 0 Å². The number of benzene rings is 1. The number of ketones is 1. The van der Waals surface area contributed by atoms with Crippen molar-refractivity contribution in [2.24, 2.45) is 7.05 Å². The van der Waals surface area contributed by atoms with Crippen molar-refractivity contribution in [2.75, 3.05) is 0 Å². The first-order valence-corrected chi connectivity index (χ1v) is 5.97. The molecule has 0 saturated heterocycles. The Labute approximate surface area is 108 Å². The highest BCUT2D eigenvalue weighted by Crippen LogP contribution is 2.19. The molecule has 1 aromatic heterocycles. The van der Waals surface area contributed by atoms with E-state index in [9.17, 15) is 4.79 Å². The van der Waals surface area contributed by atoms with Gasteiger partial charge in [-0.05, 0) is 47.2 Å². The maximum absolute atomic E-state index is 12.2. The predicted octanol–water partition coefficient (Wildman–Crippen LogP) is 2.56. The number of carbonyl (C=O) groups excluding carboxylic acids is 1. The van der Waals surface area contributed by atoms with Crippen LogP contribution in [0.4, 0.5) is 0 Å². The molecular formula is C12H11IN2O. The van der Waals surface area contributed by atoms with Gasteiger partial charge in [-0.1, -0.05) is 12.1 Å². The first-order valence-electron chi connectivity index (χ1n) is 4.89. The monoisotopic (exact) mass is 326 g/mol. The Bertz CT molecular complexity index is 546. The zero-order valence-corrected chi connectivity index (χ0v) is 11.2. The van der Waals surface area contributed by atoms with Crippen LogP contribution in [0.25, 0.3) is 0 Å². The molecule has 0 N–H and O–H groups in total. The van der Waals surface area contributed by atoms with Gasteiger partial charge in [0.15, 0.2) is 0 Å². The van der Waals surface area contributed by atoms with E-state index >= 15 is 0 Å². The Balaban J connectivity index is 2.45. The Morgan fingerprint density at radius 3 is 2.75 bits per heavy atom. The number of aromatic nitrogens is 2. The topological polar surface area (TPSA) is 34.9 Å². The molecule has 2 aromatic rings. The van der Waals surface area contributed by atoms with Crippen molar-refractivity contribution in [2.45, 2.75) is 6.92 Å². The van der Waals surface area contributed by atoms with Gasteiger partial charge in [0.25, 0.3) is 0 Å². The zero-order chi connectivity index (χ0) is 11.7. The Morgan fingerprint density at radius 1 is 1.38 bits per heavy atom. The number of hydrogen-bond acceptors (Lipinski definition) is 2. The lowest BCUT2D eigenvalue weighted by Crippen LogP contribution is -2.06. The highest BCUT2D eigenvalue weighted by atomic mass is 127. The van der Waals surface area contributed by atoms with E-state index in [2.05, 4.69) is 27.7 Å². The quantitative estimate of drug-likeness (QED) is 0.628. The molecule has 0 aliphatic heterocycles. The lowest BCUT2D eigenvalue weighted by molar-refractivity contribution is 0.103. The van der Waals surface area contributed by atoms with Gasteiger partial charge in [0.1, 0.15) is 5.69 Å². The van der Waals surface area contributed by atoms with E-state index in [-0.39, 0.29) is 5.78 Å². The fraction of sp³-hybridized carbons (Fsp3) is 0.167. The summed E-state index contributed by atoms with van der Waals surface area (Å²) in [5.74, 6) is -0.0197. The lowest BCUT2D eigenvalue weighted by atomic mass is 10.1. The van der Waals surface area contributed by atoms with Gasteiger partial charge in [0.2, 0.25) is 5.78 Å². The number of nitrogens with zero attached hydrogens (tertiary/aromatic N) is 2. The molecule has 0 aliphatic rings. The number of aryl methyl sites for hydroxylation is 2. The molecule has 0 spiro atoms. The van der Waals surface area contributed by atoms with Gasteiger partial charge in [-0.2, -0.15) is 5.10 Å². The third-order valence-electron chi connectivity index (χ3n) is 2.38. The van der Waals surface area contributed by atoms with E-state index < -0.39 is 0 Å². The molecular weight excluding hydrogens is 315 g/mol. The first-order chi connectivity index (χ1) is 7.59. The summed E-state index contributed by atoms with van der Waals surface area (Å²) in [6, 6.07) is 7.47. The summed E-state index contributed by atoms with van der Waals surface area (Å²) < 4.78 is 2.63. The van der Waals surface area contributed by atoms with E-state index in [0.29, 0.717) is 5.69 Å². The normalized spacial score (nSPS) is 10.4. The van der Waals surface area contributed by atoms with Crippen molar-refractivity contribution in [1.82, 2.24) is 9.78 Å². The fourth-order valence-electron chi connectivity index (χ4n) is 1.50. The van der Waals surface area contributed by atoms with Gasteiger partial charge < -0.3 is 0 Å². The van der Waals surface area contributed by atoms with Gasteiger partial charge in [-0.15, -0.1) is 0 Å². The lowest BCUT2D eigenvalue weighted by Gasteiger charge is -2.04. The maximum Gasteiger partial charge on any atom is 0.214 e. The van der Waals surface area contributed by atoms with Gasteiger partial charge in [-0.25, -0.2) is 0 Å². The highest BCUT2D eigenvalue weighted by Gasteiger charge is 2.15. The molecule has 0 radical (unpaired) electrons. The summed E-state index contributed by atoms with van der Waals surface area (Å²) in [5.41, 5.74) is 2.33. The SMILES string of the molecule is Cc1cccc(C(=O)c2ccn(C)n2)c1I. The van der Waals surface area contributed by atoms with Gasteiger partial charge in [-0.3, -0.25) is 9.48 Å². The van der Waals surface area contributed by atoms with Crippen LogP contribution in [-0.2, 0) is 7.05 Å². The molecule has 16 heavy (non-hydrogen) atoms. The molecule has 0 bridgehead atoms. The van der Waals surface area contributed by atoms with Crippen LogP contribution >= 0.6 is 22.6 Å². The molecule has 1 aromatic carbocycles. The van der Waals surface area contributed by atoms with Crippen LogP contribution < -0.4 is 0 Å². The van der Waals surface area contributed by atoms with Crippen LogP contribution in [-0.4, -0.2) is 15.6 Å². The second kappa shape index (κ2) is 4.37. The van der Waals surface area contributed by atoms with Crippen molar-refractivity contribution in [3.63, 3.8) is 0 Å². The van der Waals surface area contributed by atoms with Crippen LogP contribution in [0.2, 0.25) is 0 Å². The molecule has 0 saturated carbocycles. The van der Waals surface area contributed by atoms with E-state index in [0.717, 1.165) is 14.7 Å². The minimum Gasteiger partial charge on any atom is -0.287 e. The van der Waals surface area contributed by atoms with Crippen LogP contribution in [0, 0.1) is 10.5 Å². The number of carbonyl (C=O) groups is 1. The average Bonchev–Trinajstić information content (AvgIpc) is 2.68. The van der Waals surface area contributed by atoms with E-state index in [1.807, 2.05) is 25.1 Å². The smallest absolute Gasteiger partial charge is 0.214 e. The van der Waals surface area contributed by atoms with Crippen molar-refractivity contribution in [3.05, 3.63) is 50.9 Å². The van der Waals surface area contributed by atoms with Gasteiger partial charge in [0, 0.05) is 22.4 Å². The molecule has 0 atom stereocenters. The van der Waals surface area contributed by atoms with Crippen molar-refractivity contribution < 1.29 is 4.79 Å². The Kier molecular flexibility index (Phi) is 3.09. The average molecular weight is 326 g/mol. The van der Waals surface area contributed by atoms with Crippen LogP contribution in [0.15, 0.2) is 30.5 Å². The van der Waals surface area contributed by atoms with Crippen molar-refractivity contribution in [1.29, 1.82) is 0 Å². The minimum atomic E-state index is -0.0197. The van der Waals surface area contributed by atoms with E-state index in [4.69, 9.17) is 0 Å². The van der Waals surface area contributed by atoms with E-state index in [1.54, 1.807) is 24.0 Å². The summed E-state index contributed by atoms with van der Waals surface area (Å²) >= 11 is 2.20. The standard InChI is InChI=1S/C12H11IN2O/c1-8-4-3-5-9(11(8)13)12(16)10-6-7-15(2)14-10/h3-7H,1-2H3. The summed E-state index contributed by atoms with van der Waals surface area (Å²) in [5, 5.41) is 4.12. The molecule has 4 heteroatoms. The highest BCUT2D eigenvalue weighted by molar-refractivity contribution is 14.1. The molecule has 3 nitrogen and oxygen atoms in total. The molecule has 0 aliphatic carbocycles. The molecule has 82 valence electrons. The first kappa shape index (κ1) is 11.3. The fourth-order valence-corrected chi connectivity index (χ4v) is 2.10. The summed E-state index contributed by atoms with van der Waals surface area (Å²) in [7, 11) is 1.80. The summed E-state index contributed by atoms with van der Waals surface area (Å²) in [6.07, 6.45) is 1.77. The molecule has 2 rings (SSSR count). The summed E-state index contributed by atoms with van der Waals surface area (Å²) in [6.45, 7) is 2.00. The molecule has 1 heterocycles. The number of rotatable bonds is 2. The van der Waals surface area contributed by atoms with Crippen molar-refractivity contribution in [3.8, 4) is 0 Å². The summed E-state index contributed by atoms with van der Waals surface area (Å²) in [4.78, 5) is 12.2. The maximum atomic E-state index is 12.2. The minimum absolute atomic E-state index is 0.0197. The van der Waals surface area contributed by atoms with E-state index in [1.165, 1.54) is 0 Å². The number of halogens is 1. The predicted molar refractivity (Wildman–Crippen MR) is 70.5 cm³/mol. The van der Waals surface area contributed by atoms with Crippen LogP contribution in [0.5, 0.6) is 0 Å². The third kappa shape index (κ3) is 2.02. The Hall–Kier alpha value is -1.17. The van der Waals surface area contributed by atoms with Crippen LogP contribution in [0.3, 0.4) is 0 Å². The Morgan fingerprint density at radius 2 is 2.12 bits per heavy atom. The van der Waals surface area contributed by atoms with Crippen LogP contribution in [0.1, 0.15) is 21.6 Å². The molecule has 0 amide bonds. The molecule has 0 unspecified atom stereocenters. The second-order valence-corrected chi connectivity index (χ2v) is 4.72. The largest absolute Gasteiger partial charge is 0.287 e. The molecule has 0 fully saturated rings. The second-order valence-electron chi connectivity index (χ2n) is 3.64.